The number of hydrogen-bond acceptors (Lipinski definition) is 7. The van der Waals surface area contributed by atoms with Crippen LogP contribution in [0.3, 0.4) is 0 Å². The molecule has 6 nitrogen and oxygen atoms in total. The molecule has 1 aromatic heterocycles. The van der Waals surface area contributed by atoms with Gasteiger partial charge in [0.2, 0.25) is 0 Å². The summed E-state index contributed by atoms with van der Waals surface area (Å²) in [6.07, 6.45) is 0. The molecule has 0 spiro atoms. The van der Waals surface area contributed by atoms with E-state index in [9.17, 15) is 9.18 Å². The molecule has 9 heteroatoms. The van der Waals surface area contributed by atoms with Crippen LogP contribution in [0, 0.1) is 5.82 Å². The largest absolute Gasteiger partial charge is 0.465 e. The van der Waals surface area contributed by atoms with Gasteiger partial charge < -0.3 is 14.5 Å². The first-order chi connectivity index (χ1) is 15.5. The fourth-order valence-corrected chi connectivity index (χ4v) is 4.57. The van der Waals surface area contributed by atoms with Crippen molar-refractivity contribution in [3.8, 4) is 0 Å². The molecule has 2 heterocycles. The highest BCUT2D eigenvalue weighted by Crippen LogP contribution is 2.27. The van der Waals surface area contributed by atoms with Gasteiger partial charge in [0.15, 0.2) is 5.16 Å². The number of esters is 1. The normalized spacial score (nSPS) is 13.8. The summed E-state index contributed by atoms with van der Waals surface area (Å²) in [6, 6.07) is 15.9. The number of benzene rings is 2. The minimum Gasteiger partial charge on any atom is -0.465 e. The number of hydrogen-bond donors (Lipinski definition) is 0. The third-order valence-corrected chi connectivity index (χ3v) is 6.29. The van der Waals surface area contributed by atoms with Gasteiger partial charge in [0.05, 0.1) is 18.4 Å². The van der Waals surface area contributed by atoms with E-state index < -0.39 is 0 Å². The molecular formula is C23H22ClFN4O2S. The lowest BCUT2D eigenvalue weighted by Crippen LogP contribution is -2.47. The summed E-state index contributed by atoms with van der Waals surface area (Å²) in [4.78, 5) is 24.9. The van der Waals surface area contributed by atoms with E-state index in [1.165, 1.54) is 24.9 Å². The van der Waals surface area contributed by atoms with Gasteiger partial charge >= 0.3 is 5.97 Å². The van der Waals surface area contributed by atoms with Gasteiger partial charge in [-0.3, -0.25) is 0 Å². The van der Waals surface area contributed by atoms with E-state index in [-0.39, 0.29) is 11.8 Å². The Morgan fingerprint density at radius 2 is 1.81 bits per heavy atom. The summed E-state index contributed by atoms with van der Waals surface area (Å²) in [5.41, 5.74) is 2.09. The van der Waals surface area contributed by atoms with E-state index >= 15 is 0 Å². The number of aromatic nitrogens is 2. The molecule has 0 atom stereocenters. The predicted octanol–water partition coefficient (Wildman–Crippen LogP) is 4.67. The molecule has 3 aromatic rings. The zero-order chi connectivity index (χ0) is 22.5. The van der Waals surface area contributed by atoms with Gasteiger partial charge in [-0.05, 0) is 29.8 Å². The summed E-state index contributed by atoms with van der Waals surface area (Å²) >= 11 is 7.72. The molecule has 1 fully saturated rings. The minimum atomic E-state index is -0.368. The zero-order valence-corrected chi connectivity index (χ0v) is 19.1. The van der Waals surface area contributed by atoms with Crippen molar-refractivity contribution >= 4 is 40.8 Å². The lowest BCUT2D eigenvalue weighted by atomic mass is 10.1. The highest BCUT2D eigenvalue weighted by Gasteiger charge is 2.21. The third kappa shape index (κ3) is 5.31. The van der Waals surface area contributed by atoms with E-state index in [0.717, 1.165) is 11.4 Å². The van der Waals surface area contributed by atoms with Gasteiger partial charge in [-0.25, -0.2) is 19.2 Å². The van der Waals surface area contributed by atoms with Crippen LogP contribution in [0.2, 0.25) is 5.15 Å². The number of methoxy groups -OCH3 is 1. The highest BCUT2D eigenvalue weighted by molar-refractivity contribution is 7.98. The molecule has 1 saturated heterocycles. The number of carbonyl (C=O) groups excluding carboxylic acids is 1. The Hall–Kier alpha value is -2.84. The molecule has 0 unspecified atom stereocenters. The zero-order valence-electron chi connectivity index (χ0n) is 17.5. The smallest absolute Gasteiger partial charge is 0.337 e. The molecule has 0 radical (unpaired) electrons. The molecule has 32 heavy (non-hydrogen) atoms. The number of rotatable bonds is 6. The van der Waals surface area contributed by atoms with E-state index in [4.69, 9.17) is 16.3 Å². The number of thioether (sulfide) groups is 1. The number of anilines is 2. The maximum Gasteiger partial charge on any atom is 0.337 e. The van der Waals surface area contributed by atoms with Crippen LogP contribution in [-0.4, -0.2) is 49.2 Å². The monoisotopic (exact) mass is 472 g/mol. The van der Waals surface area contributed by atoms with Crippen LogP contribution in [0.5, 0.6) is 0 Å². The van der Waals surface area contributed by atoms with Gasteiger partial charge in [0.25, 0.3) is 0 Å². The fourth-order valence-electron chi connectivity index (χ4n) is 3.55. The number of piperazine rings is 1. The number of para-hydroxylation sites is 1. The van der Waals surface area contributed by atoms with Crippen molar-refractivity contribution in [3.63, 3.8) is 0 Å². The first kappa shape index (κ1) is 22.4. The Balaban J connectivity index is 1.41. The molecule has 0 N–H and O–H groups in total. The molecule has 1 aliphatic heterocycles. The van der Waals surface area contributed by atoms with Crippen molar-refractivity contribution < 1.29 is 13.9 Å². The van der Waals surface area contributed by atoms with E-state index in [2.05, 4.69) is 14.9 Å². The van der Waals surface area contributed by atoms with Gasteiger partial charge in [0.1, 0.15) is 16.8 Å². The average Bonchev–Trinajstić information content (AvgIpc) is 2.82. The first-order valence-corrected chi connectivity index (χ1v) is 11.5. The number of ether oxygens (including phenoxy) is 1. The number of halogens is 2. The van der Waals surface area contributed by atoms with Crippen LogP contribution in [0.1, 0.15) is 15.9 Å². The molecule has 0 amide bonds. The van der Waals surface area contributed by atoms with Crippen LogP contribution < -0.4 is 9.80 Å². The molecule has 4 rings (SSSR count). The molecule has 1 aliphatic rings. The second kappa shape index (κ2) is 10.2. The van der Waals surface area contributed by atoms with Crippen LogP contribution >= 0.6 is 23.4 Å². The Morgan fingerprint density at radius 1 is 1.06 bits per heavy atom. The molecule has 0 saturated carbocycles. The van der Waals surface area contributed by atoms with Gasteiger partial charge in [-0.15, -0.1) is 0 Å². The quantitative estimate of drug-likeness (QED) is 0.223. The Bertz CT molecular complexity index is 1110. The topological polar surface area (TPSA) is 58.6 Å². The standard InChI is InChI=1S/C23H22ClFN4O2S/c1-31-22(30)17-6-4-5-16(13-17)15-32-23-26-20(24)14-21(27-23)29-11-9-28(10-12-29)19-8-3-2-7-18(19)25/h2-8,13-14H,9-12,15H2,1H3. The van der Waals surface area contributed by atoms with Gasteiger partial charge in [-0.1, -0.05) is 47.6 Å². The predicted molar refractivity (Wildman–Crippen MR) is 125 cm³/mol. The Morgan fingerprint density at radius 3 is 2.56 bits per heavy atom. The summed E-state index contributed by atoms with van der Waals surface area (Å²) in [7, 11) is 1.36. The lowest BCUT2D eigenvalue weighted by Gasteiger charge is -2.36. The van der Waals surface area contributed by atoms with Gasteiger partial charge in [-0.2, -0.15) is 0 Å². The molecule has 2 aromatic carbocycles. The number of nitrogens with zero attached hydrogens (tertiary/aromatic N) is 4. The molecule has 0 aliphatic carbocycles. The Kier molecular flexibility index (Phi) is 7.12. The lowest BCUT2D eigenvalue weighted by molar-refractivity contribution is 0.0600. The van der Waals surface area contributed by atoms with Crippen LogP contribution in [0.15, 0.2) is 59.8 Å². The SMILES string of the molecule is COC(=O)c1cccc(CSc2nc(Cl)cc(N3CCN(c4ccccc4F)CC3)n2)c1. The van der Waals surface area contributed by atoms with Crippen molar-refractivity contribution in [1.29, 1.82) is 0 Å². The fraction of sp³-hybridized carbons (Fsp3) is 0.261. The maximum absolute atomic E-state index is 14.1. The van der Waals surface area contributed by atoms with Crippen molar-refractivity contribution in [2.75, 3.05) is 43.1 Å². The summed E-state index contributed by atoms with van der Waals surface area (Å²) in [5, 5.41) is 0.935. The summed E-state index contributed by atoms with van der Waals surface area (Å²) in [6.45, 7) is 2.77. The maximum atomic E-state index is 14.1. The third-order valence-electron chi connectivity index (χ3n) is 5.17. The molecule has 0 bridgehead atoms. The van der Waals surface area contributed by atoms with Crippen molar-refractivity contribution in [3.05, 3.63) is 76.7 Å². The van der Waals surface area contributed by atoms with Crippen molar-refractivity contribution in [2.24, 2.45) is 0 Å². The van der Waals surface area contributed by atoms with Crippen LogP contribution in [0.4, 0.5) is 15.9 Å². The van der Waals surface area contributed by atoms with Crippen LogP contribution in [0.25, 0.3) is 0 Å². The van der Waals surface area contributed by atoms with Crippen LogP contribution in [-0.2, 0) is 10.5 Å². The average molecular weight is 473 g/mol. The second-order valence-electron chi connectivity index (χ2n) is 7.24. The van der Waals surface area contributed by atoms with Crippen molar-refractivity contribution in [2.45, 2.75) is 10.9 Å². The Labute approximate surface area is 195 Å². The highest BCUT2D eigenvalue weighted by atomic mass is 35.5. The van der Waals surface area contributed by atoms with E-state index in [1.54, 1.807) is 30.3 Å². The van der Waals surface area contributed by atoms with E-state index in [1.807, 2.05) is 23.1 Å². The molecular weight excluding hydrogens is 451 g/mol. The summed E-state index contributed by atoms with van der Waals surface area (Å²) < 4.78 is 18.9. The second-order valence-corrected chi connectivity index (χ2v) is 8.57. The van der Waals surface area contributed by atoms with Gasteiger partial charge in [0, 0.05) is 38.0 Å². The number of carbonyl (C=O) groups is 1. The minimum absolute atomic E-state index is 0.207. The summed E-state index contributed by atoms with van der Waals surface area (Å²) in [5.74, 6) is 0.767. The first-order valence-electron chi connectivity index (χ1n) is 10.1. The van der Waals surface area contributed by atoms with E-state index in [0.29, 0.717) is 53.5 Å². The molecule has 166 valence electrons. The van der Waals surface area contributed by atoms with Crippen molar-refractivity contribution in [1.82, 2.24) is 9.97 Å².